The highest BCUT2D eigenvalue weighted by Crippen LogP contribution is 2.17. The minimum absolute atomic E-state index is 0.354. The first-order chi connectivity index (χ1) is 8.31. The van der Waals surface area contributed by atoms with Crippen molar-refractivity contribution in [2.45, 2.75) is 6.54 Å². The van der Waals surface area contributed by atoms with E-state index in [1.54, 1.807) is 18.4 Å². The van der Waals surface area contributed by atoms with Crippen molar-refractivity contribution in [1.82, 2.24) is 0 Å². The van der Waals surface area contributed by atoms with Gasteiger partial charge in [0, 0.05) is 5.69 Å². The van der Waals surface area contributed by atoms with Crippen LogP contribution in [0, 0.1) is 0 Å². The van der Waals surface area contributed by atoms with Crippen LogP contribution in [0.4, 0.5) is 5.69 Å². The van der Waals surface area contributed by atoms with Crippen LogP contribution in [0.5, 0.6) is 0 Å². The van der Waals surface area contributed by atoms with Crippen LogP contribution >= 0.6 is 0 Å². The molecule has 0 fully saturated rings. The molecule has 0 bridgehead atoms. The summed E-state index contributed by atoms with van der Waals surface area (Å²) in [7, 11) is 1.37. The van der Waals surface area contributed by atoms with E-state index in [-0.39, 0.29) is 5.97 Å². The van der Waals surface area contributed by atoms with Crippen LogP contribution in [-0.2, 0) is 11.3 Å². The topological polar surface area (TPSA) is 51.5 Å². The molecule has 0 aliphatic rings. The smallest absolute Gasteiger partial charge is 0.339 e. The van der Waals surface area contributed by atoms with E-state index in [1.807, 2.05) is 24.3 Å². The Kier molecular flexibility index (Phi) is 3.45. The number of hydrogen-bond donors (Lipinski definition) is 1. The Morgan fingerprint density at radius 1 is 1.29 bits per heavy atom. The molecule has 0 amide bonds. The van der Waals surface area contributed by atoms with Gasteiger partial charge < -0.3 is 14.5 Å². The Morgan fingerprint density at radius 2 is 2.12 bits per heavy atom. The summed E-state index contributed by atoms with van der Waals surface area (Å²) in [6.45, 7) is 0.529. The maximum atomic E-state index is 11.5. The third-order valence-electron chi connectivity index (χ3n) is 2.37. The average Bonchev–Trinajstić information content (AvgIpc) is 2.89. The van der Waals surface area contributed by atoms with E-state index in [4.69, 9.17) is 9.15 Å². The molecule has 4 nitrogen and oxygen atoms in total. The van der Waals surface area contributed by atoms with Gasteiger partial charge >= 0.3 is 5.97 Å². The Balaban J connectivity index is 2.12. The predicted octanol–water partition coefficient (Wildman–Crippen LogP) is 2.68. The van der Waals surface area contributed by atoms with Crippen LogP contribution in [0.15, 0.2) is 47.1 Å². The summed E-state index contributed by atoms with van der Waals surface area (Å²) in [4.78, 5) is 11.5. The van der Waals surface area contributed by atoms with Gasteiger partial charge in [-0.15, -0.1) is 0 Å². The molecular formula is C13H13NO3. The van der Waals surface area contributed by atoms with Crippen molar-refractivity contribution in [3.63, 3.8) is 0 Å². The van der Waals surface area contributed by atoms with Gasteiger partial charge in [0.1, 0.15) is 5.76 Å². The molecule has 1 N–H and O–H groups in total. The minimum atomic E-state index is -0.354. The number of hydrogen-bond acceptors (Lipinski definition) is 4. The largest absolute Gasteiger partial charge is 0.467 e. The van der Waals surface area contributed by atoms with Gasteiger partial charge in [-0.3, -0.25) is 0 Å². The minimum Gasteiger partial charge on any atom is -0.467 e. The molecule has 0 radical (unpaired) electrons. The lowest BCUT2D eigenvalue weighted by Crippen LogP contribution is -2.07. The van der Waals surface area contributed by atoms with Crippen molar-refractivity contribution < 1.29 is 13.9 Å². The van der Waals surface area contributed by atoms with Crippen molar-refractivity contribution in [1.29, 1.82) is 0 Å². The number of carbonyl (C=O) groups is 1. The van der Waals surface area contributed by atoms with Crippen LogP contribution in [0.25, 0.3) is 0 Å². The lowest BCUT2D eigenvalue weighted by molar-refractivity contribution is 0.0602. The van der Waals surface area contributed by atoms with Crippen LogP contribution < -0.4 is 5.32 Å². The molecule has 0 spiro atoms. The van der Waals surface area contributed by atoms with E-state index in [1.165, 1.54) is 7.11 Å². The van der Waals surface area contributed by atoms with Gasteiger partial charge in [-0.25, -0.2) is 4.79 Å². The molecule has 1 aromatic carbocycles. The standard InChI is InChI=1S/C13H13NO3/c1-16-13(15)11-6-2-3-7-12(11)14-9-10-5-4-8-17-10/h2-8,14H,9H2,1H3. The van der Waals surface area contributed by atoms with Gasteiger partial charge in [-0.05, 0) is 24.3 Å². The van der Waals surface area contributed by atoms with Gasteiger partial charge in [0.2, 0.25) is 0 Å². The first-order valence-corrected chi connectivity index (χ1v) is 5.25. The molecule has 88 valence electrons. The number of furan rings is 1. The fourth-order valence-electron chi connectivity index (χ4n) is 1.52. The number of carbonyl (C=O) groups excluding carboxylic acids is 1. The molecule has 0 atom stereocenters. The van der Waals surface area contributed by atoms with Crippen LogP contribution in [0.2, 0.25) is 0 Å². The average molecular weight is 231 g/mol. The van der Waals surface area contributed by atoms with E-state index >= 15 is 0 Å². The van der Waals surface area contributed by atoms with E-state index in [2.05, 4.69) is 5.32 Å². The molecule has 1 heterocycles. The van der Waals surface area contributed by atoms with Crippen molar-refractivity contribution in [2.75, 3.05) is 12.4 Å². The van der Waals surface area contributed by atoms with Crippen molar-refractivity contribution in [3.8, 4) is 0 Å². The zero-order valence-corrected chi connectivity index (χ0v) is 9.47. The van der Waals surface area contributed by atoms with E-state index in [0.29, 0.717) is 12.1 Å². The summed E-state index contributed by atoms with van der Waals surface area (Å²) in [5.74, 6) is 0.456. The predicted molar refractivity (Wildman–Crippen MR) is 63.8 cm³/mol. The number of benzene rings is 1. The number of methoxy groups -OCH3 is 1. The third-order valence-corrected chi connectivity index (χ3v) is 2.37. The number of para-hydroxylation sites is 1. The number of anilines is 1. The van der Waals surface area contributed by atoms with Gasteiger partial charge in [0.15, 0.2) is 0 Å². The van der Waals surface area contributed by atoms with Crippen LogP contribution in [-0.4, -0.2) is 13.1 Å². The second-order valence-electron chi connectivity index (χ2n) is 3.47. The Labute approximate surface area is 99.2 Å². The van der Waals surface area contributed by atoms with Crippen molar-refractivity contribution >= 4 is 11.7 Å². The Morgan fingerprint density at radius 3 is 2.82 bits per heavy atom. The zero-order valence-electron chi connectivity index (χ0n) is 9.47. The Hall–Kier alpha value is -2.23. The molecule has 0 aliphatic heterocycles. The highest BCUT2D eigenvalue weighted by atomic mass is 16.5. The normalized spacial score (nSPS) is 9.94. The number of nitrogens with one attached hydrogen (secondary N) is 1. The van der Waals surface area contributed by atoms with Gasteiger partial charge in [-0.2, -0.15) is 0 Å². The molecule has 2 rings (SSSR count). The molecule has 0 saturated carbocycles. The van der Waals surface area contributed by atoms with E-state index in [9.17, 15) is 4.79 Å². The summed E-state index contributed by atoms with van der Waals surface area (Å²) in [6, 6.07) is 10.9. The molecule has 0 aliphatic carbocycles. The molecule has 4 heteroatoms. The molecule has 1 aromatic heterocycles. The van der Waals surface area contributed by atoms with Crippen molar-refractivity contribution in [2.24, 2.45) is 0 Å². The zero-order chi connectivity index (χ0) is 12.1. The third kappa shape index (κ3) is 2.66. The first-order valence-electron chi connectivity index (χ1n) is 5.25. The fraction of sp³-hybridized carbons (Fsp3) is 0.154. The fourth-order valence-corrected chi connectivity index (χ4v) is 1.52. The monoisotopic (exact) mass is 231 g/mol. The number of rotatable bonds is 4. The van der Waals surface area contributed by atoms with Gasteiger partial charge in [0.25, 0.3) is 0 Å². The number of esters is 1. The molecule has 0 saturated heterocycles. The highest BCUT2D eigenvalue weighted by Gasteiger charge is 2.10. The van der Waals surface area contributed by atoms with Gasteiger partial charge in [0.05, 0.1) is 25.5 Å². The maximum Gasteiger partial charge on any atom is 0.339 e. The lowest BCUT2D eigenvalue weighted by Gasteiger charge is -2.09. The van der Waals surface area contributed by atoms with Crippen LogP contribution in [0.3, 0.4) is 0 Å². The summed E-state index contributed by atoms with van der Waals surface area (Å²) in [5, 5.41) is 3.14. The van der Waals surface area contributed by atoms with Crippen molar-refractivity contribution in [3.05, 3.63) is 54.0 Å². The first kappa shape index (κ1) is 11.3. The maximum absolute atomic E-state index is 11.5. The Bertz CT molecular complexity index is 491. The van der Waals surface area contributed by atoms with Gasteiger partial charge in [-0.1, -0.05) is 12.1 Å². The molecular weight excluding hydrogens is 218 g/mol. The highest BCUT2D eigenvalue weighted by molar-refractivity contribution is 5.95. The number of ether oxygens (including phenoxy) is 1. The molecule has 2 aromatic rings. The lowest BCUT2D eigenvalue weighted by atomic mass is 10.2. The second kappa shape index (κ2) is 5.21. The van der Waals surface area contributed by atoms with E-state index < -0.39 is 0 Å². The molecule has 0 unspecified atom stereocenters. The summed E-state index contributed by atoms with van der Waals surface area (Å²) >= 11 is 0. The van der Waals surface area contributed by atoms with E-state index in [0.717, 1.165) is 11.4 Å². The summed E-state index contributed by atoms with van der Waals surface area (Å²) < 4.78 is 9.91. The SMILES string of the molecule is COC(=O)c1ccccc1NCc1ccco1. The quantitative estimate of drug-likeness (QED) is 0.822. The van der Waals surface area contributed by atoms with Crippen LogP contribution in [0.1, 0.15) is 16.1 Å². The summed E-state index contributed by atoms with van der Waals surface area (Å²) in [5.41, 5.74) is 1.25. The summed E-state index contributed by atoms with van der Waals surface area (Å²) in [6.07, 6.45) is 1.61. The molecule has 17 heavy (non-hydrogen) atoms. The second-order valence-corrected chi connectivity index (χ2v) is 3.47.